The Morgan fingerprint density at radius 3 is 2.46 bits per heavy atom. The second-order valence-electron chi connectivity index (χ2n) is 6.76. The Labute approximate surface area is 170 Å². The lowest BCUT2D eigenvalue weighted by Crippen LogP contribution is -2.32. The minimum Gasteiger partial charge on any atom is -0.338 e. The molecule has 0 fully saturated rings. The Morgan fingerprint density at radius 2 is 1.71 bits per heavy atom. The van der Waals surface area contributed by atoms with Gasteiger partial charge in [-0.3, -0.25) is 4.79 Å². The van der Waals surface area contributed by atoms with Crippen molar-refractivity contribution in [1.82, 2.24) is 14.9 Å². The van der Waals surface area contributed by atoms with Crippen LogP contribution in [0.3, 0.4) is 0 Å². The Bertz CT molecular complexity index is 936. The standard InChI is InChI=1S/C21H26N4O2.ClH/c22-12-5-13-25(15-17-6-2-1-3-7-17)20(26)9-4-8-16-10-11-18-19(14-16)24-21(27)23-18;/h1-3,6-7,10-11,14H,4-5,8-9,12-13,15,22H2,(H2,23,24,27);1H. The molecule has 0 saturated heterocycles. The van der Waals surface area contributed by atoms with Gasteiger partial charge in [0.25, 0.3) is 0 Å². The molecule has 1 aromatic heterocycles. The predicted molar refractivity (Wildman–Crippen MR) is 115 cm³/mol. The van der Waals surface area contributed by atoms with Gasteiger partial charge in [-0.15, -0.1) is 12.4 Å². The Kier molecular flexibility index (Phi) is 8.29. The van der Waals surface area contributed by atoms with E-state index in [9.17, 15) is 9.59 Å². The molecule has 0 unspecified atom stereocenters. The number of H-pyrrole nitrogens is 2. The average molecular weight is 403 g/mol. The van der Waals surface area contributed by atoms with Gasteiger partial charge in [-0.1, -0.05) is 36.4 Å². The number of hydrogen-bond acceptors (Lipinski definition) is 3. The number of hydrogen-bond donors (Lipinski definition) is 3. The van der Waals surface area contributed by atoms with Crippen LogP contribution in [0, 0.1) is 0 Å². The van der Waals surface area contributed by atoms with Crippen molar-refractivity contribution in [3.8, 4) is 0 Å². The minimum atomic E-state index is -0.200. The van der Waals surface area contributed by atoms with E-state index in [0.29, 0.717) is 26.1 Å². The normalized spacial score (nSPS) is 10.6. The van der Waals surface area contributed by atoms with E-state index >= 15 is 0 Å². The fourth-order valence-corrected chi connectivity index (χ4v) is 3.21. The van der Waals surface area contributed by atoms with Gasteiger partial charge < -0.3 is 20.6 Å². The summed E-state index contributed by atoms with van der Waals surface area (Å²) >= 11 is 0. The topological polar surface area (TPSA) is 95.0 Å². The Morgan fingerprint density at radius 1 is 0.964 bits per heavy atom. The number of carbonyl (C=O) groups is 1. The maximum Gasteiger partial charge on any atom is 0.323 e. The van der Waals surface area contributed by atoms with Gasteiger partial charge in [0, 0.05) is 19.5 Å². The summed E-state index contributed by atoms with van der Waals surface area (Å²) in [5.74, 6) is 0.156. The van der Waals surface area contributed by atoms with Crippen molar-refractivity contribution in [3.63, 3.8) is 0 Å². The first-order valence-electron chi connectivity index (χ1n) is 9.38. The maximum atomic E-state index is 12.7. The smallest absolute Gasteiger partial charge is 0.323 e. The van der Waals surface area contributed by atoms with Crippen molar-refractivity contribution in [2.24, 2.45) is 5.73 Å². The van der Waals surface area contributed by atoms with Gasteiger partial charge in [-0.25, -0.2) is 4.79 Å². The number of benzene rings is 2. The molecule has 0 spiro atoms. The molecule has 0 aliphatic heterocycles. The number of aromatic nitrogens is 2. The molecule has 3 aromatic rings. The van der Waals surface area contributed by atoms with Crippen molar-refractivity contribution >= 4 is 29.3 Å². The van der Waals surface area contributed by atoms with E-state index in [-0.39, 0.29) is 24.0 Å². The van der Waals surface area contributed by atoms with Crippen molar-refractivity contribution in [3.05, 3.63) is 70.1 Å². The third-order valence-electron chi connectivity index (χ3n) is 4.64. The average Bonchev–Trinajstić information content (AvgIpc) is 3.05. The van der Waals surface area contributed by atoms with Crippen LogP contribution in [0.15, 0.2) is 53.3 Å². The van der Waals surface area contributed by atoms with Crippen LogP contribution in [0.1, 0.15) is 30.4 Å². The molecule has 1 heterocycles. The number of amides is 1. The molecule has 2 aromatic carbocycles. The zero-order chi connectivity index (χ0) is 19.1. The number of halogens is 1. The molecule has 0 bridgehead atoms. The van der Waals surface area contributed by atoms with Gasteiger partial charge in [0.2, 0.25) is 5.91 Å². The number of aromatic amines is 2. The van der Waals surface area contributed by atoms with Crippen LogP contribution < -0.4 is 11.4 Å². The fourth-order valence-electron chi connectivity index (χ4n) is 3.21. The Balaban J connectivity index is 0.00000280. The third kappa shape index (κ3) is 5.97. The summed E-state index contributed by atoms with van der Waals surface area (Å²) < 4.78 is 0. The number of carbonyl (C=O) groups excluding carboxylic acids is 1. The van der Waals surface area contributed by atoms with E-state index in [1.54, 1.807) is 0 Å². The molecule has 28 heavy (non-hydrogen) atoms. The lowest BCUT2D eigenvalue weighted by atomic mass is 10.1. The zero-order valence-corrected chi connectivity index (χ0v) is 16.6. The molecule has 6 nitrogen and oxygen atoms in total. The van der Waals surface area contributed by atoms with Crippen LogP contribution >= 0.6 is 12.4 Å². The van der Waals surface area contributed by atoms with E-state index in [1.165, 1.54) is 0 Å². The summed E-state index contributed by atoms with van der Waals surface area (Å²) in [6, 6.07) is 15.9. The SMILES string of the molecule is Cl.NCCCN(Cc1ccccc1)C(=O)CCCc1ccc2[nH]c(=O)[nH]c2c1. The van der Waals surface area contributed by atoms with E-state index in [1.807, 2.05) is 53.4 Å². The van der Waals surface area contributed by atoms with Gasteiger partial charge >= 0.3 is 5.69 Å². The minimum absolute atomic E-state index is 0. The highest BCUT2D eigenvalue weighted by molar-refractivity contribution is 5.85. The molecule has 0 aliphatic rings. The maximum absolute atomic E-state index is 12.7. The molecule has 0 radical (unpaired) electrons. The van der Waals surface area contributed by atoms with Gasteiger partial charge in [0.15, 0.2) is 0 Å². The van der Waals surface area contributed by atoms with Crippen LogP contribution in [-0.4, -0.2) is 33.9 Å². The molecule has 150 valence electrons. The summed E-state index contributed by atoms with van der Waals surface area (Å²) in [5.41, 5.74) is 9.27. The van der Waals surface area contributed by atoms with E-state index in [2.05, 4.69) is 9.97 Å². The zero-order valence-electron chi connectivity index (χ0n) is 15.8. The van der Waals surface area contributed by atoms with Crippen LogP contribution in [0.25, 0.3) is 11.0 Å². The first-order valence-corrected chi connectivity index (χ1v) is 9.38. The lowest BCUT2D eigenvalue weighted by Gasteiger charge is -2.23. The first kappa shape index (κ1) is 21.7. The number of nitrogens with one attached hydrogen (secondary N) is 2. The van der Waals surface area contributed by atoms with E-state index in [0.717, 1.165) is 41.4 Å². The van der Waals surface area contributed by atoms with Crippen LogP contribution in [0.4, 0.5) is 0 Å². The monoisotopic (exact) mass is 402 g/mol. The lowest BCUT2D eigenvalue weighted by molar-refractivity contribution is -0.132. The number of aryl methyl sites for hydroxylation is 1. The molecule has 7 heteroatoms. The highest BCUT2D eigenvalue weighted by Gasteiger charge is 2.13. The molecular weight excluding hydrogens is 376 g/mol. The van der Waals surface area contributed by atoms with Crippen LogP contribution in [-0.2, 0) is 17.8 Å². The second kappa shape index (κ2) is 10.7. The quantitative estimate of drug-likeness (QED) is 0.513. The largest absolute Gasteiger partial charge is 0.338 e. The summed E-state index contributed by atoms with van der Waals surface area (Å²) in [6.45, 7) is 1.88. The van der Waals surface area contributed by atoms with E-state index < -0.39 is 0 Å². The van der Waals surface area contributed by atoms with Crippen LogP contribution in [0.2, 0.25) is 0 Å². The molecule has 0 aliphatic carbocycles. The van der Waals surface area contributed by atoms with Crippen molar-refractivity contribution < 1.29 is 4.79 Å². The molecule has 4 N–H and O–H groups in total. The fraction of sp³-hybridized carbons (Fsp3) is 0.333. The third-order valence-corrected chi connectivity index (χ3v) is 4.64. The Hall–Kier alpha value is -2.57. The second-order valence-corrected chi connectivity index (χ2v) is 6.76. The molecule has 0 atom stereocenters. The van der Waals surface area contributed by atoms with Gasteiger partial charge in [-0.05, 0) is 49.1 Å². The van der Waals surface area contributed by atoms with Crippen molar-refractivity contribution in [1.29, 1.82) is 0 Å². The number of nitrogens with two attached hydrogens (primary N) is 1. The predicted octanol–water partition coefficient (Wildman–Crippen LogP) is 2.98. The summed E-state index contributed by atoms with van der Waals surface area (Å²) in [6.07, 6.45) is 2.87. The highest BCUT2D eigenvalue weighted by atomic mass is 35.5. The highest BCUT2D eigenvalue weighted by Crippen LogP contribution is 2.14. The van der Waals surface area contributed by atoms with E-state index in [4.69, 9.17) is 5.73 Å². The molecular formula is C21H27ClN4O2. The van der Waals surface area contributed by atoms with Gasteiger partial charge in [0.05, 0.1) is 11.0 Å². The number of imidazole rings is 1. The summed E-state index contributed by atoms with van der Waals surface area (Å²) in [5, 5.41) is 0. The van der Waals surface area contributed by atoms with Gasteiger partial charge in [-0.2, -0.15) is 0 Å². The molecule has 1 amide bonds. The number of fused-ring (bicyclic) bond motifs is 1. The first-order chi connectivity index (χ1) is 13.2. The van der Waals surface area contributed by atoms with Gasteiger partial charge in [0.1, 0.15) is 0 Å². The summed E-state index contributed by atoms with van der Waals surface area (Å²) in [7, 11) is 0. The van der Waals surface area contributed by atoms with Crippen molar-refractivity contribution in [2.75, 3.05) is 13.1 Å². The van der Waals surface area contributed by atoms with Crippen LogP contribution in [0.5, 0.6) is 0 Å². The molecule has 3 rings (SSSR count). The van der Waals surface area contributed by atoms with Crippen molar-refractivity contribution in [2.45, 2.75) is 32.2 Å². The number of rotatable bonds is 9. The molecule has 0 saturated carbocycles. The number of nitrogens with zero attached hydrogens (tertiary/aromatic N) is 1. The summed E-state index contributed by atoms with van der Waals surface area (Å²) in [4.78, 5) is 31.4.